The number of unbranched alkanes of at least 4 members (excludes halogenated alkanes) is 1. The molecule has 0 unspecified atom stereocenters. The molecular weight excluding hydrogens is 484 g/mol. The Hall–Kier alpha value is -2.94. The Morgan fingerprint density at radius 3 is 2.39 bits per heavy atom. The summed E-state index contributed by atoms with van der Waals surface area (Å²) in [7, 11) is 1.59. The molecule has 3 heterocycles. The number of aryl methyl sites for hydroxylation is 1. The third-order valence-corrected chi connectivity index (χ3v) is 9.91. The van der Waals surface area contributed by atoms with Crippen LogP contribution < -0.4 is 5.73 Å². The molecule has 9 heteroatoms. The number of amides is 5. The standard InChI is InChI=1S/C29H38N4O5/c1-3-4-5-19-6-7-21(30)23-22(19)24(34)33(25(23)35)20-8-11-28(12-9-20)16-29(17-28)26(36)31(2)27(37)32(29)14-18-10-13-38-15-18/h6-7,18,20H,3-5,8-17,30H2,1-2H3/t18-,20?,28?,29?/m1/s1. The van der Waals surface area contributed by atoms with Gasteiger partial charge in [0.05, 0.1) is 17.7 Å². The highest BCUT2D eigenvalue weighted by molar-refractivity contribution is 6.24. The fraction of sp³-hybridized carbons (Fsp3) is 0.655. The van der Waals surface area contributed by atoms with Gasteiger partial charge in [-0.05, 0) is 74.8 Å². The lowest BCUT2D eigenvalue weighted by atomic mass is 9.51. The number of ether oxygens (including phenoxy) is 1. The number of fused-ring (bicyclic) bond motifs is 1. The molecule has 1 atom stereocenters. The average Bonchev–Trinajstić information content (AvgIpc) is 3.54. The number of nitrogens with zero attached hydrogens (tertiary/aromatic N) is 3. The largest absolute Gasteiger partial charge is 0.398 e. The number of nitrogens with two attached hydrogens (primary N) is 1. The van der Waals surface area contributed by atoms with Gasteiger partial charge < -0.3 is 15.4 Å². The Morgan fingerprint density at radius 1 is 1.03 bits per heavy atom. The van der Waals surface area contributed by atoms with E-state index < -0.39 is 5.54 Å². The summed E-state index contributed by atoms with van der Waals surface area (Å²) >= 11 is 0. The minimum Gasteiger partial charge on any atom is -0.398 e. The van der Waals surface area contributed by atoms with E-state index >= 15 is 0 Å². The van der Waals surface area contributed by atoms with Gasteiger partial charge in [-0.25, -0.2) is 4.79 Å². The van der Waals surface area contributed by atoms with Crippen molar-refractivity contribution in [2.75, 3.05) is 32.5 Å². The zero-order chi connectivity index (χ0) is 26.8. The first-order valence-electron chi connectivity index (χ1n) is 14.2. The monoisotopic (exact) mass is 522 g/mol. The zero-order valence-electron chi connectivity index (χ0n) is 22.5. The van der Waals surface area contributed by atoms with Gasteiger partial charge in [-0.2, -0.15) is 0 Å². The van der Waals surface area contributed by atoms with E-state index in [1.54, 1.807) is 13.1 Å². The summed E-state index contributed by atoms with van der Waals surface area (Å²) in [5.74, 6) is -0.303. The Morgan fingerprint density at radius 2 is 1.74 bits per heavy atom. The van der Waals surface area contributed by atoms with Crippen LogP contribution in [0.15, 0.2) is 12.1 Å². The fourth-order valence-corrected chi connectivity index (χ4v) is 7.85. The second-order valence-electron chi connectivity index (χ2n) is 12.3. The number of anilines is 1. The Kier molecular flexibility index (Phi) is 6.05. The number of likely N-dealkylation sites (N-methyl/N-ethyl adjacent to an activating group) is 1. The molecule has 2 aliphatic carbocycles. The van der Waals surface area contributed by atoms with Crippen LogP contribution in [-0.4, -0.2) is 76.8 Å². The van der Waals surface area contributed by atoms with Crippen molar-refractivity contribution < 1.29 is 23.9 Å². The molecule has 2 N–H and O–H groups in total. The molecule has 4 fully saturated rings. The highest BCUT2D eigenvalue weighted by atomic mass is 16.5. The Balaban J connectivity index is 1.16. The number of hydrogen-bond acceptors (Lipinski definition) is 6. The third-order valence-electron chi connectivity index (χ3n) is 9.91. The van der Waals surface area contributed by atoms with Crippen LogP contribution in [0.5, 0.6) is 0 Å². The second-order valence-corrected chi connectivity index (χ2v) is 12.3. The number of carbonyl (C=O) groups excluding carboxylic acids is 4. The number of hydrogen-bond donors (Lipinski definition) is 1. The fourth-order valence-electron chi connectivity index (χ4n) is 7.85. The van der Waals surface area contributed by atoms with E-state index in [1.165, 1.54) is 9.80 Å². The molecule has 3 aliphatic heterocycles. The molecule has 1 aromatic carbocycles. The predicted molar refractivity (Wildman–Crippen MR) is 140 cm³/mol. The van der Waals surface area contributed by atoms with E-state index in [2.05, 4.69) is 6.92 Å². The van der Waals surface area contributed by atoms with Crippen LogP contribution >= 0.6 is 0 Å². The quantitative estimate of drug-likeness (QED) is 0.347. The van der Waals surface area contributed by atoms with Crippen molar-refractivity contribution in [3.05, 3.63) is 28.8 Å². The van der Waals surface area contributed by atoms with E-state index in [9.17, 15) is 19.2 Å². The van der Waals surface area contributed by atoms with Crippen molar-refractivity contribution in [3.8, 4) is 0 Å². The van der Waals surface area contributed by atoms with Crippen molar-refractivity contribution in [2.24, 2.45) is 11.3 Å². The molecule has 2 spiro atoms. The van der Waals surface area contributed by atoms with Crippen LogP contribution in [0.2, 0.25) is 0 Å². The lowest BCUT2D eigenvalue weighted by Crippen LogP contribution is -2.65. The van der Waals surface area contributed by atoms with Crippen molar-refractivity contribution >= 4 is 29.4 Å². The summed E-state index contributed by atoms with van der Waals surface area (Å²) in [5, 5.41) is 0. The van der Waals surface area contributed by atoms with Crippen molar-refractivity contribution in [1.82, 2.24) is 14.7 Å². The zero-order valence-corrected chi connectivity index (χ0v) is 22.5. The van der Waals surface area contributed by atoms with Crippen LogP contribution in [0.3, 0.4) is 0 Å². The summed E-state index contributed by atoms with van der Waals surface area (Å²) in [6.45, 7) is 4.01. The van der Waals surface area contributed by atoms with Gasteiger partial charge in [0.2, 0.25) is 0 Å². The van der Waals surface area contributed by atoms with Gasteiger partial charge >= 0.3 is 6.03 Å². The lowest BCUT2D eigenvalue weighted by Gasteiger charge is -2.59. The van der Waals surface area contributed by atoms with Crippen LogP contribution in [0.25, 0.3) is 0 Å². The van der Waals surface area contributed by atoms with Gasteiger partial charge in [-0.1, -0.05) is 19.4 Å². The molecule has 0 radical (unpaired) electrons. The van der Waals surface area contributed by atoms with Crippen LogP contribution in [-0.2, 0) is 16.0 Å². The molecule has 5 amide bonds. The van der Waals surface area contributed by atoms with Crippen LogP contribution in [0, 0.1) is 11.3 Å². The SMILES string of the molecule is CCCCc1ccc(N)c2c1C(=O)N(C1CCC3(CC1)CC1(C3)C(=O)N(C)C(=O)N1C[C@H]1CCOC1)C2=O. The second kappa shape index (κ2) is 9.07. The molecular formula is C29H38N4O5. The number of benzene rings is 1. The van der Waals surface area contributed by atoms with Gasteiger partial charge in [0.25, 0.3) is 17.7 Å². The van der Waals surface area contributed by atoms with Gasteiger partial charge in [0, 0.05) is 37.8 Å². The predicted octanol–water partition coefficient (Wildman–Crippen LogP) is 3.60. The van der Waals surface area contributed by atoms with E-state index in [1.807, 2.05) is 11.0 Å². The molecule has 2 saturated heterocycles. The maximum atomic E-state index is 13.6. The molecule has 2 saturated carbocycles. The smallest absolute Gasteiger partial charge is 0.327 e. The first-order chi connectivity index (χ1) is 18.2. The van der Waals surface area contributed by atoms with Crippen molar-refractivity contribution in [2.45, 2.75) is 82.7 Å². The van der Waals surface area contributed by atoms with Gasteiger partial charge in [0.15, 0.2) is 0 Å². The summed E-state index contributed by atoms with van der Waals surface area (Å²) < 4.78 is 5.52. The number of imide groups is 2. The number of rotatable bonds is 6. The number of carbonyl (C=O) groups is 4. The summed E-state index contributed by atoms with van der Waals surface area (Å²) in [6, 6.07) is 3.27. The van der Waals surface area contributed by atoms with Crippen molar-refractivity contribution in [1.29, 1.82) is 0 Å². The molecule has 38 heavy (non-hydrogen) atoms. The molecule has 204 valence electrons. The number of nitrogen functional groups attached to an aromatic ring is 1. The maximum Gasteiger partial charge on any atom is 0.327 e. The average molecular weight is 523 g/mol. The minimum atomic E-state index is -0.751. The lowest BCUT2D eigenvalue weighted by molar-refractivity contribution is -0.150. The van der Waals surface area contributed by atoms with Gasteiger partial charge in [-0.15, -0.1) is 0 Å². The minimum absolute atomic E-state index is 0.0357. The number of urea groups is 1. The summed E-state index contributed by atoms with van der Waals surface area (Å²) in [4.78, 5) is 57.9. The van der Waals surface area contributed by atoms with E-state index in [-0.39, 0.29) is 41.1 Å². The van der Waals surface area contributed by atoms with Crippen molar-refractivity contribution in [3.63, 3.8) is 0 Å². The van der Waals surface area contributed by atoms with E-state index in [0.29, 0.717) is 62.3 Å². The topological polar surface area (TPSA) is 113 Å². The van der Waals surface area contributed by atoms with E-state index in [4.69, 9.17) is 10.5 Å². The maximum absolute atomic E-state index is 13.6. The third kappa shape index (κ3) is 3.61. The normalized spacial score (nSPS) is 32.7. The molecule has 6 rings (SSSR count). The van der Waals surface area contributed by atoms with Gasteiger partial charge in [0.1, 0.15) is 5.54 Å². The summed E-state index contributed by atoms with van der Waals surface area (Å²) in [6.07, 6.45) is 8.02. The molecule has 0 aromatic heterocycles. The Labute approximate surface area is 223 Å². The first kappa shape index (κ1) is 25.3. The van der Waals surface area contributed by atoms with E-state index in [0.717, 1.165) is 44.1 Å². The van der Waals surface area contributed by atoms with Crippen LogP contribution in [0.4, 0.5) is 10.5 Å². The molecule has 1 aromatic rings. The molecule has 5 aliphatic rings. The van der Waals surface area contributed by atoms with Gasteiger partial charge in [-0.3, -0.25) is 24.2 Å². The Bertz CT molecular complexity index is 1190. The first-order valence-corrected chi connectivity index (χ1v) is 14.2. The molecule has 9 nitrogen and oxygen atoms in total. The van der Waals surface area contributed by atoms with Crippen LogP contribution in [0.1, 0.15) is 91.0 Å². The highest BCUT2D eigenvalue weighted by Gasteiger charge is 2.68. The highest BCUT2D eigenvalue weighted by Crippen LogP contribution is 2.61. The summed E-state index contributed by atoms with van der Waals surface area (Å²) in [5.41, 5.74) is 7.55. The molecule has 0 bridgehead atoms.